The van der Waals surface area contributed by atoms with E-state index in [-0.39, 0.29) is 0 Å². The van der Waals surface area contributed by atoms with Crippen molar-refractivity contribution in [3.63, 3.8) is 0 Å². The van der Waals surface area contributed by atoms with Crippen molar-refractivity contribution in [1.29, 1.82) is 0 Å². The zero-order valence-electron chi connectivity index (χ0n) is 9.71. The molecule has 0 saturated heterocycles. The lowest BCUT2D eigenvalue weighted by Gasteiger charge is -2.58. The molecule has 0 spiro atoms. The Bertz CT molecular complexity index is 268. The Morgan fingerprint density at radius 1 is 1.07 bits per heavy atom. The average Bonchev–Trinajstić information content (AvgIpc) is 2.19. The van der Waals surface area contributed by atoms with Gasteiger partial charge in [-0.25, -0.2) is 0 Å². The van der Waals surface area contributed by atoms with E-state index < -0.39 is 5.60 Å². The molecule has 4 atom stereocenters. The van der Waals surface area contributed by atoms with Crippen LogP contribution in [0.4, 0.5) is 0 Å². The molecule has 3 aliphatic rings. The number of fused-ring (bicyclic) bond motifs is 6. The van der Waals surface area contributed by atoms with Crippen molar-refractivity contribution in [3.8, 4) is 0 Å². The summed E-state index contributed by atoms with van der Waals surface area (Å²) in [7, 11) is 0. The maximum atomic E-state index is 10.7. The molecule has 0 amide bonds. The monoisotopic (exact) mass is 206 g/mol. The lowest BCUT2D eigenvalue weighted by atomic mass is 9.49. The molecule has 1 nitrogen and oxygen atoms in total. The largest absolute Gasteiger partial charge is 0.390 e. The number of allylic oxidation sites excluding steroid dienone is 1. The van der Waals surface area contributed by atoms with Crippen LogP contribution in [0.15, 0.2) is 12.2 Å². The van der Waals surface area contributed by atoms with Gasteiger partial charge in [0.25, 0.3) is 0 Å². The van der Waals surface area contributed by atoms with Crippen molar-refractivity contribution in [2.24, 2.45) is 23.7 Å². The van der Waals surface area contributed by atoms with Crippen molar-refractivity contribution in [3.05, 3.63) is 12.2 Å². The Morgan fingerprint density at radius 2 is 1.53 bits per heavy atom. The Balaban J connectivity index is 2.03. The molecule has 3 aliphatic carbocycles. The molecule has 0 aliphatic heterocycles. The molecule has 0 heterocycles. The Hall–Kier alpha value is -0.300. The van der Waals surface area contributed by atoms with Crippen molar-refractivity contribution in [2.75, 3.05) is 0 Å². The first kappa shape index (κ1) is 9.89. The van der Waals surface area contributed by atoms with E-state index in [4.69, 9.17) is 0 Å². The van der Waals surface area contributed by atoms with E-state index in [2.05, 4.69) is 13.5 Å². The van der Waals surface area contributed by atoms with Gasteiger partial charge >= 0.3 is 0 Å². The van der Waals surface area contributed by atoms with Crippen LogP contribution >= 0.6 is 0 Å². The summed E-state index contributed by atoms with van der Waals surface area (Å²) in [4.78, 5) is 0. The second kappa shape index (κ2) is 3.10. The molecule has 84 valence electrons. The van der Waals surface area contributed by atoms with Crippen molar-refractivity contribution >= 4 is 0 Å². The Morgan fingerprint density at radius 3 is 2.07 bits per heavy atom. The first-order chi connectivity index (χ1) is 7.12. The van der Waals surface area contributed by atoms with Gasteiger partial charge in [-0.05, 0) is 56.3 Å². The molecule has 1 heteroatoms. The van der Waals surface area contributed by atoms with Crippen molar-refractivity contribution in [1.82, 2.24) is 0 Å². The zero-order chi connectivity index (χ0) is 10.6. The quantitative estimate of drug-likeness (QED) is 0.604. The van der Waals surface area contributed by atoms with Gasteiger partial charge < -0.3 is 5.11 Å². The first-order valence-electron chi connectivity index (χ1n) is 6.53. The molecule has 0 radical (unpaired) electrons. The highest BCUT2D eigenvalue weighted by Crippen LogP contribution is 2.58. The fourth-order valence-corrected chi connectivity index (χ4v) is 4.76. The average molecular weight is 206 g/mol. The fourth-order valence-electron chi connectivity index (χ4n) is 4.76. The van der Waals surface area contributed by atoms with Crippen LogP contribution in [0.5, 0.6) is 0 Å². The predicted octanol–water partition coefficient (Wildman–Crippen LogP) is 3.14. The summed E-state index contributed by atoms with van der Waals surface area (Å²) in [6.07, 6.45) is 7.69. The minimum Gasteiger partial charge on any atom is -0.390 e. The summed E-state index contributed by atoms with van der Waals surface area (Å²) in [5.74, 6) is 2.30. The predicted molar refractivity (Wildman–Crippen MR) is 61.4 cm³/mol. The Kier molecular flexibility index (Phi) is 2.04. The summed E-state index contributed by atoms with van der Waals surface area (Å²) >= 11 is 0. The SMILES string of the molecule is C=C1C2CCCC1C1CCCC2C1(C)O. The van der Waals surface area contributed by atoms with Crippen LogP contribution in [0.2, 0.25) is 0 Å². The molecular formula is C14H22O. The number of rotatable bonds is 0. The van der Waals surface area contributed by atoms with Crippen LogP contribution in [0.25, 0.3) is 0 Å². The van der Waals surface area contributed by atoms with Gasteiger partial charge in [-0.15, -0.1) is 0 Å². The molecule has 15 heavy (non-hydrogen) atoms. The smallest absolute Gasteiger partial charge is 0.0687 e. The van der Waals surface area contributed by atoms with Gasteiger partial charge in [0.1, 0.15) is 0 Å². The minimum absolute atomic E-state index is 0.394. The van der Waals surface area contributed by atoms with Crippen LogP contribution in [0.3, 0.4) is 0 Å². The third kappa shape index (κ3) is 1.19. The summed E-state index contributed by atoms with van der Waals surface area (Å²) in [5.41, 5.74) is 1.09. The molecule has 4 unspecified atom stereocenters. The summed E-state index contributed by atoms with van der Waals surface area (Å²) in [6.45, 7) is 6.43. The van der Waals surface area contributed by atoms with Crippen LogP contribution in [0, 0.1) is 23.7 Å². The molecule has 0 aromatic carbocycles. The summed E-state index contributed by atoms with van der Waals surface area (Å²) < 4.78 is 0. The highest BCUT2D eigenvalue weighted by atomic mass is 16.3. The van der Waals surface area contributed by atoms with Gasteiger partial charge in [0.05, 0.1) is 5.60 Å². The third-order valence-corrected chi connectivity index (χ3v) is 5.49. The number of hydrogen-bond donors (Lipinski definition) is 1. The van der Waals surface area contributed by atoms with E-state index in [1.165, 1.54) is 44.1 Å². The molecule has 3 saturated carbocycles. The van der Waals surface area contributed by atoms with Crippen LogP contribution in [-0.4, -0.2) is 10.7 Å². The number of aliphatic hydroxyl groups is 1. The molecule has 4 bridgehead atoms. The lowest BCUT2D eigenvalue weighted by Crippen LogP contribution is -2.57. The second-order valence-corrected chi connectivity index (χ2v) is 6.09. The van der Waals surface area contributed by atoms with Crippen LogP contribution < -0.4 is 0 Å². The normalized spacial score (nSPS) is 54.1. The minimum atomic E-state index is -0.394. The van der Waals surface area contributed by atoms with E-state index in [0.717, 1.165) is 0 Å². The van der Waals surface area contributed by atoms with E-state index >= 15 is 0 Å². The van der Waals surface area contributed by atoms with Crippen molar-refractivity contribution < 1.29 is 5.11 Å². The third-order valence-electron chi connectivity index (χ3n) is 5.49. The van der Waals surface area contributed by atoms with Gasteiger partial charge in [0.15, 0.2) is 0 Å². The van der Waals surface area contributed by atoms with Gasteiger partial charge in [-0.2, -0.15) is 0 Å². The molecule has 3 fully saturated rings. The molecular weight excluding hydrogens is 184 g/mol. The highest BCUT2D eigenvalue weighted by molar-refractivity contribution is 5.22. The van der Waals surface area contributed by atoms with Gasteiger partial charge in [-0.1, -0.05) is 25.0 Å². The number of hydrogen-bond acceptors (Lipinski definition) is 1. The summed E-state index contributed by atoms with van der Waals surface area (Å²) in [5, 5.41) is 10.7. The molecule has 3 rings (SSSR count). The second-order valence-electron chi connectivity index (χ2n) is 6.09. The van der Waals surface area contributed by atoms with Gasteiger partial charge in [0.2, 0.25) is 0 Å². The van der Waals surface area contributed by atoms with Crippen molar-refractivity contribution in [2.45, 2.75) is 51.0 Å². The van der Waals surface area contributed by atoms with Crippen LogP contribution in [0.1, 0.15) is 45.4 Å². The topological polar surface area (TPSA) is 20.2 Å². The first-order valence-corrected chi connectivity index (χ1v) is 6.53. The van der Waals surface area contributed by atoms with Gasteiger partial charge in [-0.3, -0.25) is 0 Å². The van der Waals surface area contributed by atoms with Gasteiger partial charge in [0, 0.05) is 0 Å². The van der Waals surface area contributed by atoms with E-state index in [1.807, 2.05) is 0 Å². The zero-order valence-corrected chi connectivity index (χ0v) is 9.71. The Labute approximate surface area is 92.6 Å². The standard InChI is InChI=1S/C14H22O/c1-9-10-5-3-6-11(9)13-8-4-7-12(10)14(13,2)15/h10-13,15H,1,3-8H2,2H3. The maximum Gasteiger partial charge on any atom is 0.0687 e. The van der Waals surface area contributed by atoms with E-state index in [9.17, 15) is 5.11 Å². The van der Waals surface area contributed by atoms with Crippen LogP contribution in [-0.2, 0) is 0 Å². The summed E-state index contributed by atoms with van der Waals surface area (Å²) in [6, 6.07) is 0. The molecule has 0 aromatic rings. The van der Waals surface area contributed by atoms with E-state index in [1.54, 1.807) is 0 Å². The maximum absolute atomic E-state index is 10.7. The lowest BCUT2D eigenvalue weighted by molar-refractivity contribution is -0.141. The fraction of sp³-hybridized carbons (Fsp3) is 0.857. The van der Waals surface area contributed by atoms with E-state index in [0.29, 0.717) is 23.7 Å². The molecule has 1 N–H and O–H groups in total. The molecule has 0 aromatic heterocycles. The highest BCUT2D eigenvalue weighted by Gasteiger charge is 2.55.